The predicted octanol–water partition coefficient (Wildman–Crippen LogP) is 2.03. The average molecular weight is 263 g/mol. The molecule has 0 atom stereocenters. The van der Waals surface area contributed by atoms with E-state index in [4.69, 9.17) is 4.74 Å². The molecule has 94 valence electrons. The number of hydrogen-bond acceptors (Lipinski definition) is 4. The lowest BCUT2D eigenvalue weighted by molar-refractivity contribution is 0.163. The summed E-state index contributed by atoms with van der Waals surface area (Å²) in [4.78, 5) is 3.81. The van der Waals surface area contributed by atoms with Gasteiger partial charge in [-0.25, -0.2) is 13.4 Å². The quantitative estimate of drug-likeness (QED) is 0.828. The van der Waals surface area contributed by atoms with Gasteiger partial charge in [0, 0.05) is 6.20 Å². The maximum Gasteiger partial charge on any atom is 0.219 e. The molecular formula is C13H13NO3S. The molecule has 0 aliphatic carbocycles. The van der Waals surface area contributed by atoms with E-state index in [9.17, 15) is 8.42 Å². The molecule has 18 heavy (non-hydrogen) atoms. The topological polar surface area (TPSA) is 56.3 Å². The third-order valence-electron chi connectivity index (χ3n) is 2.31. The molecule has 2 aromatic rings. The Balaban J connectivity index is 1.95. The van der Waals surface area contributed by atoms with E-state index in [1.54, 1.807) is 12.1 Å². The minimum atomic E-state index is -3.46. The van der Waals surface area contributed by atoms with E-state index in [0.717, 1.165) is 5.56 Å². The molecule has 0 N–H and O–H groups in total. The summed E-state index contributed by atoms with van der Waals surface area (Å²) in [6, 6.07) is 14.2. The summed E-state index contributed by atoms with van der Waals surface area (Å²) in [7, 11) is -3.46. The average Bonchev–Trinajstić information content (AvgIpc) is 2.41. The highest BCUT2D eigenvalue weighted by Crippen LogP contribution is 2.08. The molecule has 0 saturated carbocycles. The Morgan fingerprint density at radius 1 is 1.00 bits per heavy atom. The molecule has 2 rings (SSSR count). The van der Waals surface area contributed by atoms with Crippen LogP contribution in [0.25, 0.3) is 0 Å². The van der Waals surface area contributed by atoms with Crippen molar-refractivity contribution < 1.29 is 13.2 Å². The number of nitrogens with zero attached hydrogens (tertiary/aromatic N) is 1. The van der Waals surface area contributed by atoms with Crippen molar-refractivity contribution in [3.05, 3.63) is 60.3 Å². The summed E-state index contributed by atoms with van der Waals surface area (Å²) in [5, 5.41) is 0.0399. The second-order valence-corrected chi connectivity index (χ2v) is 5.62. The summed E-state index contributed by atoms with van der Waals surface area (Å²) in [5.41, 5.74) is 0.939. The van der Waals surface area contributed by atoms with Crippen molar-refractivity contribution in [3.8, 4) is 0 Å². The number of benzene rings is 1. The molecule has 4 nitrogen and oxygen atoms in total. The van der Waals surface area contributed by atoms with E-state index in [-0.39, 0.29) is 17.6 Å². The molecule has 0 unspecified atom stereocenters. The summed E-state index contributed by atoms with van der Waals surface area (Å²) in [6.45, 7) is 0.271. The Labute approximate surface area is 106 Å². The summed E-state index contributed by atoms with van der Waals surface area (Å²) in [5.74, 6) is -0.362. The van der Waals surface area contributed by atoms with Crippen LogP contribution < -0.4 is 0 Å². The van der Waals surface area contributed by atoms with Crippen molar-refractivity contribution in [1.29, 1.82) is 0 Å². The van der Waals surface area contributed by atoms with Gasteiger partial charge in [0.25, 0.3) is 0 Å². The van der Waals surface area contributed by atoms with Gasteiger partial charge in [-0.3, -0.25) is 0 Å². The maximum absolute atomic E-state index is 11.8. The van der Waals surface area contributed by atoms with Crippen molar-refractivity contribution in [1.82, 2.24) is 4.98 Å². The van der Waals surface area contributed by atoms with Crippen molar-refractivity contribution in [3.63, 3.8) is 0 Å². The van der Waals surface area contributed by atoms with Gasteiger partial charge >= 0.3 is 0 Å². The fraction of sp³-hybridized carbons (Fsp3) is 0.154. The highest BCUT2D eigenvalue weighted by atomic mass is 32.2. The highest BCUT2D eigenvalue weighted by molar-refractivity contribution is 7.91. The van der Waals surface area contributed by atoms with Gasteiger partial charge < -0.3 is 4.74 Å². The minimum Gasteiger partial charge on any atom is -0.360 e. The van der Waals surface area contributed by atoms with Gasteiger partial charge in [0.2, 0.25) is 9.84 Å². The molecule has 0 aliphatic heterocycles. The Kier molecular flexibility index (Phi) is 4.07. The van der Waals surface area contributed by atoms with E-state index >= 15 is 0 Å². The molecule has 1 heterocycles. The molecule has 1 aromatic carbocycles. The number of ether oxygens (including phenoxy) is 1. The van der Waals surface area contributed by atoms with Crippen LogP contribution in [-0.4, -0.2) is 19.3 Å². The van der Waals surface area contributed by atoms with E-state index in [2.05, 4.69) is 4.98 Å². The lowest BCUT2D eigenvalue weighted by atomic mass is 10.2. The van der Waals surface area contributed by atoms with Crippen molar-refractivity contribution in [2.45, 2.75) is 11.6 Å². The van der Waals surface area contributed by atoms with Gasteiger partial charge in [0.1, 0.15) is 0 Å². The first-order valence-corrected chi connectivity index (χ1v) is 7.09. The normalized spacial score (nSPS) is 11.3. The van der Waals surface area contributed by atoms with Crippen LogP contribution in [-0.2, 0) is 21.2 Å². The zero-order chi connectivity index (χ0) is 12.8. The van der Waals surface area contributed by atoms with Crippen LogP contribution >= 0.6 is 0 Å². The second-order valence-electron chi connectivity index (χ2n) is 3.73. The van der Waals surface area contributed by atoms with Gasteiger partial charge in [0.15, 0.2) is 11.0 Å². The second kappa shape index (κ2) is 5.75. The molecule has 1 aromatic heterocycles. The fourth-order valence-electron chi connectivity index (χ4n) is 1.43. The van der Waals surface area contributed by atoms with Crippen molar-refractivity contribution in [2.24, 2.45) is 0 Å². The van der Waals surface area contributed by atoms with Gasteiger partial charge in [-0.15, -0.1) is 0 Å². The van der Waals surface area contributed by atoms with E-state index in [1.807, 2.05) is 30.3 Å². The summed E-state index contributed by atoms with van der Waals surface area (Å²) in [6.07, 6.45) is 1.45. The maximum atomic E-state index is 11.8. The van der Waals surface area contributed by atoms with Crippen LogP contribution in [0.3, 0.4) is 0 Å². The van der Waals surface area contributed by atoms with E-state index in [1.165, 1.54) is 12.3 Å². The SMILES string of the molecule is O=S(=O)(COCc1ccccc1)c1ccccn1. The zero-order valence-corrected chi connectivity index (χ0v) is 10.5. The van der Waals surface area contributed by atoms with Crippen molar-refractivity contribution in [2.75, 3.05) is 5.94 Å². The highest BCUT2D eigenvalue weighted by Gasteiger charge is 2.15. The molecule has 0 bridgehead atoms. The monoisotopic (exact) mass is 263 g/mol. The Morgan fingerprint density at radius 3 is 2.39 bits per heavy atom. The van der Waals surface area contributed by atoms with Crippen LogP contribution in [0.1, 0.15) is 5.56 Å². The number of rotatable bonds is 5. The molecule has 0 radical (unpaired) electrons. The zero-order valence-electron chi connectivity index (χ0n) is 9.69. The number of sulfone groups is 1. The molecule has 5 heteroatoms. The van der Waals surface area contributed by atoms with Crippen LogP contribution in [0.15, 0.2) is 59.8 Å². The summed E-state index contributed by atoms with van der Waals surface area (Å²) >= 11 is 0. The number of hydrogen-bond donors (Lipinski definition) is 0. The van der Waals surface area contributed by atoms with E-state index < -0.39 is 9.84 Å². The molecule has 0 fully saturated rings. The van der Waals surface area contributed by atoms with Crippen LogP contribution in [0.5, 0.6) is 0 Å². The smallest absolute Gasteiger partial charge is 0.219 e. The molecule has 0 amide bonds. The van der Waals surface area contributed by atoms with Crippen LogP contribution in [0.2, 0.25) is 0 Å². The molecule has 0 spiro atoms. The third kappa shape index (κ3) is 3.38. The molecule has 0 saturated heterocycles. The lowest BCUT2D eigenvalue weighted by Gasteiger charge is -2.05. The Morgan fingerprint density at radius 2 is 1.72 bits per heavy atom. The fourth-order valence-corrected chi connectivity index (χ4v) is 2.37. The standard InChI is InChI=1S/C13H13NO3S/c15-18(16,13-8-4-5-9-14-13)11-17-10-12-6-2-1-3-7-12/h1-9H,10-11H2. The first-order valence-electron chi connectivity index (χ1n) is 5.44. The Bertz CT molecular complexity index is 582. The van der Waals surface area contributed by atoms with E-state index in [0.29, 0.717) is 0 Å². The van der Waals surface area contributed by atoms with Gasteiger partial charge in [-0.1, -0.05) is 36.4 Å². The molecular weight excluding hydrogens is 250 g/mol. The van der Waals surface area contributed by atoms with Gasteiger partial charge in [-0.2, -0.15) is 0 Å². The predicted molar refractivity (Wildman–Crippen MR) is 67.5 cm³/mol. The van der Waals surface area contributed by atoms with Crippen LogP contribution in [0.4, 0.5) is 0 Å². The number of pyridine rings is 1. The van der Waals surface area contributed by atoms with Gasteiger partial charge in [0.05, 0.1) is 6.61 Å². The van der Waals surface area contributed by atoms with Crippen molar-refractivity contribution >= 4 is 9.84 Å². The first-order chi connectivity index (χ1) is 8.68. The van der Waals surface area contributed by atoms with Crippen LogP contribution in [0, 0.1) is 0 Å². The lowest BCUT2D eigenvalue weighted by Crippen LogP contribution is -2.11. The summed E-state index contributed by atoms with van der Waals surface area (Å²) < 4.78 is 28.9. The Hall–Kier alpha value is -1.72. The van der Waals surface area contributed by atoms with Gasteiger partial charge in [-0.05, 0) is 17.7 Å². The molecule has 0 aliphatic rings. The minimum absolute atomic E-state index is 0.0399. The number of aromatic nitrogens is 1. The first kappa shape index (κ1) is 12.7. The third-order valence-corrected chi connectivity index (χ3v) is 3.66. The largest absolute Gasteiger partial charge is 0.360 e.